The Morgan fingerprint density at radius 3 is 2.30 bits per heavy atom. The molecule has 0 saturated heterocycles. The Kier molecular flexibility index (Phi) is 7.02. The summed E-state index contributed by atoms with van der Waals surface area (Å²) in [6.45, 7) is 5.95. The normalized spacial score (nSPS) is 12.0. The van der Waals surface area contributed by atoms with Crippen LogP contribution in [0.25, 0.3) is 0 Å². The topological polar surface area (TPSA) is 101 Å². The summed E-state index contributed by atoms with van der Waals surface area (Å²) in [6, 6.07) is 6.68. The summed E-state index contributed by atoms with van der Waals surface area (Å²) < 4.78 is 26.1. The number of benzene rings is 1. The van der Waals surface area contributed by atoms with Crippen molar-refractivity contribution in [2.75, 3.05) is 22.3 Å². The molecule has 7 heteroatoms. The van der Waals surface area contributed by atoms with E-state index in [-0.39, 0.29) is 18.2 Å². The first-order valence-corrected chi connectivity index (χ1v) is 9.59. The number of amides is 1. The number of anilines is 2. The molecule has 1 aromatic rings. The Morgan fingerprint density at radius 1 is 1.17 bits per heavy atom. The van der Waals surface area contributed by atoms with Crippen molar-refractivity contribution in [3.05, 3.63) is 24.3 Å². The van der Waals surface area contributed by atoms with Gasteiger partial charge in [-0.3, -0.25) is 9.52 Å². The van der Waals surface area contributed by atoms with Crippen LogP contribution in [0.3, 0.4) is 0 Å². The minimum atomic E-state index is -3.36. The van der Waals surface area contributed by atoms with Gasteiger partial charge in [-0.15, -0.1) is 0 Å². The number of carbonyl (C=O) groups is 1. The lowest BCUT2D eigenvalue weighted by Crippen LogP contribution is -2.41. The molecule has 1 amide bonds. The van der Waals surface area contributed by atoms with Gasteiger partial charge in [0, 0.05) is 12.2 Å². The molecule has 0 aromatic heterocycles. The maximum absolute atomic E-state index is 12.5. The van der Waals surface area contributed by atoms with Gasteiger partial charge in [-0.25, -0.2) is 8.42 Å². The zero-order valence-corrected chi connectivity index (χ0v) is 14.9. The SMILES string of the molecule is CCCS(=O)(=O)Nc1cccc(NC(=O)C(CC)(CC)CN)c1. The van der Waals surface area contributed by atoms with E-state index in [0.29, 0.717) is 30.6 Å². The molecule has 4 N–H and O–H groups in total. The standard InChI is InChI=1S/C16H27N3O3S/c1-4-10-23(21,22)19-14-9-7-8-13(11-14)18-15(20)16(5-2,6-3)12-17/h7-9,11,19H,4-6,10,12,17H2,1-3H3,(H,18,20). The summed E-state index contributed by atoms with van der Waals surface area (Å²) in [7, 11) is -3.36. The minimum Gasteiger partial charge on any atom is -0.329 e. The summed E-state index contributed by atoms with van der Waals surface area (Å²) in [5, 5.41) is 2.84. The van der Waals surface area contributed by atoms with E-state index in [4.69, 9.17) is 5.73 Å². The van der Waals surface area contributed by atoms with Crippen LogP contribution in [0.15, 0.2) is 24.3 Å². The molecule has 0 heterocycles. The van der Waals surface area contributed by atoms with E-state index in [1.165, 1.54) is 0 Å². The van der Waals surface area contributed by atoms with E-state index in [1.807, 2.05) is 13.8 Å². The van der Waals surface area contributed by atoms with Crippen molar-refractivity contribution in [2.45, 2.75) is 40.0 Å². The zero-order chi connectivity index (χ0) is 17.5. The molecule has 23 heavy (non-hydrogen) atoms. The first kappa shape index (κ1) is 19.4. The largest absolute Gasteiger partial charge is 0.329 e. The fourth-order valence-corrected chi connectivity index (χ4v) is 3.50. The van der Waals surface area contributed by atoms with Gasteiger partial charge < -0.3 is 11.1 Å². The van der Waals surface area contributed by atoms with Crippen LogP contribution in [0.2, 0.25) is 0 Å². The minimum absolute atomic E-state index is 0.0611. The number of hydrogen-bond acceptors (Lipinski definition) is 4. The first-order chi connectivity index (χ1) is 10.8. The lowest BCUT2D eigenvalue weighted by molar-refractivity contribution is -0.125. The summed E-state index contributed by atoms with van der Waals surface area (Å²) in [4.78, 5) is 12.5. The molecule has 0 radical (unpaired) electrons. The maximum atomic E-state index is 12.5. The van der Waals surface area contributed by atoms with Gasteiger partial charge in [-0.2, -0.15) is 0 Å². The molecule has 0 aliphatic carbocycles. The molecular weight excluding hydrogens is 314 g/mol. The third-order valence-corrected chi connectivity index (χ3v) is 5.59. The Bertz CT molecular complexity index is 617. The molecule has 0 aliphatic heterocycles. The second-order valence-electron chi connectivity index (χ2n) is 5.65. The molecular formula is C16H27N3O3S. The third kappa shape index (κ3) is 5.21. The van der Waals surface area contributed by atoms with Crippen molar-refractivity contribution in [3.8, 4) is 0 Å². The van der Waals surface area contributed by atoms with Crippen molar-refractivity contribution < 1.29 is 13.2 Å². The molecule has 1 rings (SSSR count). The Balaban J connectivity index is 2.91. The van der Waals surface area contributed by atoms with Crippen molar-refractivity contribution in [3.63, 3.8) is 0 Å². The van der Waals surface area contributed by atoms with Gasteiger partial charge in [-0.1, -0.05) is 26.8 Å². The van der Waals surface area contributed by atoms with E-state index in [9.17, 15) is 13.2 Å². The quantitative estimate of drug-likeness (QED) is 0.642. The number of nitrogens with two attached hydrogens (primary N) is 1. The summed E-state index contributed by atoms with van der Waals surface area (Å²) in [5.41, 5.74) is 6.16. The van der Waals surface area contributed by atoms with Gasteiger partial charge >= 0.3 is 0 Å². The van der Waals surface area contributed by atoms with Gasteiger partial charge in [0.25, 0.3) is 0 Å². The van der Waals surface area contributed by atoms with Crippen molar-refractivity contribution in [1.82, 2.24) is 0 Å². The maximum Gasteiger partial charge on any atom is 0.232 e. The fraction of sp³-hybridized carbons (Fsp3) is 0.562. The number of hydrogen-bond donors (Lipinski definition) is 3. The Morgan fingerprint density at radius 2 is 1.78 bits per heavy atom. The highest BCUT2D eigenvalue weighted by Gasteiger charge is 2.33. The van der Waals surface area contributed by atoms with E-state index in [0.717, 1.165) is 0 Å². The van der Waals surface area contributed by atoms with E-state index < -0.39 is 15.4 Å². The number of sulfonamides is 1. The van der Waals surface area contributed by atoms with Crippen LogP contribution in [-0.2, 0) is 14.8 Å². The first-order valence-electron chi connectivity index (χ1n) is 7.94. The van der Waals surface area contributed by atoms with Crippen LogP contribution >= 0.6 is 0 Å². The number of nitrogens with one attached hydrogen (secondary N) is 2. The molecule has 1 aromatic carbocycles. The van der Waals surface area contributed by atoms with Crippen molar-refractivity contribution >= 4 is 27.3 Å². The van der Waals surface area contributed by atoms with Gasteiger partial charge in [-0.05, 0) is 37.5 Å². The van der Waals surface area contributed by atoms with Crippen LogP contribution in [-0.4, -0.2) is 26.6 Å². The van der Waals surface area contributed by atoms with Crippen LogP contribution in [0, 0.1) is 5.41 Å². The lowest BCUT2D eigenvalue weighted by atomic mass is 9.81. The highest BCUT2D eigenvalue weighted by molar-refractivity contribution is 7.92. The highest BCUT2D eigenvalue weighted by Crippen LogP contribution is 2.27. The Hall–Kier alpha value is -1.60. The van der Waals surface area contributed by atoms with Gasteiger partial charge in [0.2, 0.25) is 15.9 Å². The second-order valence-corrected chi connectivity index (χ2v) is 7.49. The van der Waals surface area contributed by atoms with Crippen molar-refractivity contribution in [1.29, 1.82) is 0 Å². The molecule has 0 fully saturated rings. The van der Waals surface area contributed by atoms with E-state index in [2.05, 4.69) is 10.0 Å². The van der Waals surface area contributed by atoms with E-state index >= 15 is 0 Å². The average Bonchev–Trinajstić information content (AvgIpc) is 2.49. The zero-order valence-electron chi connectivity index (χ0n) is 14.1. The van der Waals surface area contributed by atoms with Gasteiger partial charge in [0.15, 0.2) is 0 Å². The van der Waals surface area contributed by atoms with E-state index in [1.54, 1.807) is 31.2 Å². The predicted octanol–water partition coefficient (Wildman–Crippen LogP) is 2.54. The fourth-order valence-electron chi connectivity index (χ4n) is 2.38. The predicted molar refractivity (Wildman–Crippen MR) is 94.8 cm³/mol. The molecule has 0 unspecified atom stereocenters. The van der Waals surface area contributed by atoms with Gasteiger partial charge in [0.05, 0.1) is 16.9 Å². The van der Waals surface area contributed by atoms with Crippen LogP contribution in [0.4, 0.5) is 11.4 Å². The smallest absolute Gasteiger partial charge is 0.232 e. The van der Waals surface area contributed by atoms with Crippen molar-refractivity contribution in [2.24, 2.45) is 11.1 Å². The highest BCUT2D eigenvalue weighted by atomic mass is 32.2. The average molecular weight is 341 g/mol. The summed E-state index contributed by atoms with van der Waals surface area (Å²) in [6.07, 6.45) is 1.83. The monoisotopic (exact) mass is 341 g/mol. The number of carbonyl (C=O) groups excluding carboxylic acids is 1. The Labute approximate surface area is 138 Å². The molecule has 0 bridgehead atoms. The third-order valence-electron chi connectivity index (χ3n) is 4.09. The lowest BCUT2D eigenvalue weighted by Gasteiger charge is -2.28. The van der Waals surface area contributed by atoms with Crippen LogP contribution in [0.1, 0.15) is 40.0 Å². The number of rotatable bonds is 9. The summed E-state index contributed by atoms with van der Waals surface area (Å²) >= 11 is 0. The van der Waals surface area contributed by atoms with Crippen LogP contribution in [0.5, 0.6) is 0 Å². The summed E-state index contributed by atoms with van der Waals surface area (Å²) in [5.74, 6) is -0.0792. The molecule has 130 valence electrons. The molecule has 6 nitrogen and oxygen atoms in total. The molecule has 0 spiro atoms. The molecule has 0 atom stereocenters. The molecule has 0 saturated carbocycles. The van der Waals surface area contributed by atoms with Crippen LogP contribution < -0.4 is 15.8 Å². The molecule has 0 aliphatic rings. The van der Waals surface area contributed by atoms with Gasteiger partial charge in [0.1, 0.15) is 0 Å². The second kappa shape index (κ2) is 8.31.